The van der Waals surface area contributed by atoms with Gasteiger partial charge in [-0.1, -0.05) is 23.7 Å². The van der Waals surface area contributed by atoms with Crippen molar-refractivity contribution in [2.24, 2.45) is 0 Å². The van der Waals surface area contributed by atoms with Crippen molar-refractivity contribution in [3.05, 3.63) is 56.4 Å². The third-order valence-corrected chi connectivity index (χ3v) is 4.17. The van der Waals surface area contributed by atoms with E-state index in [-0.39, 0.29) is 29.5 Å². The molecule has 0 spiro atoms. The highest BCUT2D eigenvalue weighted by molar-refractivity contribution is 6.30. The van der Waals surface area contributed by atoms with Crippen molar-refractivity contribution < 1.29 is 19.2 Å². The van der Waals surface area contributed by atoms with Gasteiger partial charge in [0.25, 0.3) is 5.91 Å². The lowest BCUT2D eigenvalue weighted by Gasteiger charge is -2.17. The number of rotatable bonds is 7. The van der Waals surface area contributed by atoms with E-state index >= 15 is 0 Å². The molecule has 1 aromatic heterocycles. The van der Waals surface area contributed by atoms with Crippen LogP contribution in [0.5, 0.6) is 0 Å². The van der Waals surface area contributed by atoms with Gasteiger partial charge in [0, 0.05) is 18.6 Å². The fraction of sp³-hybridized carbons (Fsp3) is 0.353. The summed E-state index contributed by atoms with van der Waals surface area (Å²) in [6.07, 6.45) is 0. The Labute approximate surface area is 160 Å². The van der Waals surface area contributed by atoms with Gasteiger partial charge >= 0.3 is 11.7 Å². The Kier molecular flexibility index (Phi) is 6.51. The van der Waals surface area contributed by atoms with E-state index < -0.39 is 17.5 Å². The predicted molar refractivity (Wildman–Crippen MR) is 97.2 cm³/mol. The van der Waals surface area contributed by atoms with Gasteiger partial charge in [0.2, 0.25) is 0 Å². The molecule has 0 saturated carbocycles. The van der Waals surface area contributed by atoms with Crippen LogP contribution in [-0.2, 0) is 27.4 Å². The number of nitrogens with zero attached hydrogens (tertiary/aromatic N) is 4. The smallest absolute Gasteiger partial charge is 0.328 e. The number of likely N-dealkylation sites (N-methyl/N-ethyl adjacent to an activating group) is 1. The van der Waals surface area contributed by atoms with Crippen molar-refractivity contribution in [1.82, 2.24) is 14.7 Å². The number of halogens is 1. The summed E-state index contributed by atoms with van der Waals surface area (Å²) in [6, 6.07) is 7.05. The van der Waals surface area contributed by atoms with Gasteiger partial charge in [-0.15, -0.1) is 0 Å². The first-order valence-electron chi connectivity index (χ1n) is 8.01. The molecule has 0 N–H and O–H groups in total. The molecule has 144 valence electrons. The first kappa shape index (κ1) is 20.4. The molecule has 0 unspecified atom stereocenters. The minimum atomic E-state index is -0.705. The number of hydrogen-bond acceptors (Lipinski definition) is 6. The molecule has 1 amide bonds. The van der Waals surface area contributed by atoms with Crippen molar-refractivity contribution in [3.8, 4) is 0 Å². The molecule has 2 aromatic rings. The number of ether oxygens (including phenoxy) is 1. The SMILES string of the molecule is Cc1nn(CC(=O)OCC(=O)N(C)Cc2ccc(Cl)cc2)c(C)c1[N+](=O)[O-]. The summed E-state index contributed by atoms with van der Waals surface area (Å²) >= 11 is 5.82. The van der Waals surface area contributed by atoms with Gasteiger partial charge in [-0.05, 0) is 31.5 Å². The normalized spacial score (nSPS) is 10.5. The monoisotopic (exact) mass is 394 g/mol. The number of benzene rings is 1. The molecule has 1 aromatic carbocycles. The molecule has 0 bridgehead atoms. The number of carbonyl (C=O) groups is 2. The van der Waals surface area contributed by atoms with Gasteiger partial charge in [0.15, 0.2) is 6.61 Å². The van der Waals surface area contributed by atoms with E-state index in [0.717, 1.165) is 5.56 Å². The summed E-state index contributed by atoms with van der Waals surface area (Å²) in [5.41, 5.74) is 1.21. The number of amides is 1. The topological polar surface area (TPSA) is 108 Å². The molecule has 10 heteroatoms. The zero-order valence-corrected chi connectivity index (χ0v) is 15.9. The molecule has 0 aliphatic carbocycles. The highest BCUT2D eigenvalue weighted by Crippen LogP contribution is 2.21. The summed E-state index contributed by atoms with van der Waals surface area (Å²) in [7, 11) is 1.59. The number of esters is 1. The highest BCUT2D eigenvalue weighted by atomic mass is 35.5. The Hall–Kier alpha value is -2.94. The minimum Gasteiger partial charge on any atom is -0.454 e. The number of hydrogen-bond donors (Lipinski definition) is 0. The van der Waals surface area contributed by atoms with Gasteiger partial charge in [-0.25, -0.2) is 0 Å². The molecule has 0 fully saturated rings. The summed E-state index contributed by atoms with van der Waals surface area (Å²) in [5.74, 6) is -1.08. The van der Waals surface area contributed by atoms with Gasteiger partial charge in [0.1, 0.15) is 17.9 Å². The lowest BCUT2D eigenvalue weighted by Crippen LogP contribution is -2.31. The molecule has 0 aliphatic rings. The molecule has 27 heavy (non-hydrogen) atoms. The second kappa shape index (κ2) is 8.63. The number of nitro groups is 1. The van der Waals surface area contributed by atoms with E-state index in [2.05, 4.69) is 5.10 Å². The van der Waals surface area contributed by atoms with E-state index in [0.29, 0.717) is 11.6 Å². The van der Waals surface area contributed by atoms with Gasteiger partial charge in [-0.3, -0.25) is 24.4 Å². The molecular formula is C17H19ClN4O5. The Bertz CT molecular complexity index is 863. The maximum Gasteiger partial charge on any atom is 0.328 e. The lowest BCUT2D eigenvalue weighted by atomic mass is 10.2. The molecule has 9 nitrogen and oxygen atoms in total. The summed E-state index contributed by atoms with van der Waals surface area (Å²) in [5, 5.41) is 15.5. The molecule has 0 aliphatic heterocycles. The Morgan fingerprint density at radius 1 is 1.30 bits per heavy atom. The van der Waals surface area contributed by atoms with Crippen LogP contribution >= 0.6 is 11.6 Å². The third kappa shape index (κ3) is 5.27. The van der Waals surface area contributed by atoms with Crippen LogP contribution in [0.25, 0.3) is 0 Å². The van der Waals surface area contributed by atoms with Gasteiger partial charge in [0.05, 0.1) is 4.92 Å². The van der Waals surface area contributed by atoms with Crippen LogP contribution < -0.4 is 0 Å². The highest BCUT2D eigenvalue weighted by Gasteiger charge is 2.23. The molecule has 1 heterocycles. The Morgan fingerprint density at radius 2 is 1.93 bits per heavy atom. The van der Waals surface area contributed by atoms with E-state index in [9.17, 15) is 19.7 Å². The lowest BCUT2D eigenvalue weighted by molar-refractivity contribution is -0.386. The maximum absolute atomic E-state index is 12.1. The van der Waals surface area contributed by atoms with Crippen molar-refractivity contribution in [1.29, 1.82) is 0 Å². The fourth-order valence-electron chi connectivity index (χ4n) is 2.48. The van der Waals surface area contributed by atoms with Crippen molar-refractivity contribution in [2.75, 3.05) is 13.7 Å². The van der Waals surface area contributed by atoms with Gasteiger partial charge in [-0.2, -0.15) is 5.10 Å². The van der Waals surface area contributed by atoms with Crippen LogP contribution in [0.4, 0.5) is 5.69 Å². The summed E-state index contributed by atoms with van der Waals surface area (Å²) in [4.78, 5) is 35.9. The molecule has 0 atom stereocenters. The van der Waals surface area contributed by atoms with E-state index in [1.807, 2.05) is 0 Å². The van der Waals surface area contributed by atoms with Crippen molar-refractivity contribution in [2.45, 2.75) is 26.9 Å². The largest absolute Gasteiger partial charge is 0.454 e. The van der Waals surface area contributed by atoms with Crippen LogP contribution in [0.1, 0.15) is 17.0 Å². The van der Waals surface area contributed by atoms with Crippen molar-refractivity contribution >= 4 is 29.2 Å². The van der Waals surface area contributed by atoms with Crippen LogP contribution in [0.3, 0.4) is 0 Å². The van der Waals surface area contributed by atoms with Crippen LogP contribution in [-0.4, -0.2) is 45.1 Å². The summed E-state index contributed by atoms with van der Waals surface area (Å²) in [6.45, 7) is 2.59. The second-order valence-electron chi connectivity index (χ2n) is 5.97. The molecule has 2 rings (SSSR count). The van der Waals surface area contributed by atoms with E-state index in [1.54, 1.807) is 31.3 Å². The fourth-order valence-corrected chi connectivity index (χ4v) is 2.60. The predicted octanol–water partition coefficient (Wildman–Crippen LogP) is 2.26. The number of aryl methyl sites for hydroxylation is 1. The zero-order valence-electron chi connectivity index (χ0n) is 15.1. The van der Waals surface area contributed by atoms with Crippen LogP contribution in [0.2, 0.25) is 5.02 Å². The van der Waals surface area contributed by atoms with Crippen LogP contribution in [0, 0.1) is 24.0 Å². The van der Waals surface area contributed by atoms with Crippen molar-refractivity contribution in [3.63, 3.8) is 0 Å². The Balaban J connectivity index is 1.87. The molecular weight excluding hydrogens is 376 g/mol. The Morgan fingerprint density at radius 3 is 2.48 bits per heavy atom. The zero-order chi connectivity index (χ0) is 20.1. The number of carbonyl (C=O) groups excluding carboxylic acids is 2. The molecule has 0 saturated heterocycles. The molecule has 0 radical (unpaired) electrons. The first-order valence-corrected chi connectivity index (χ1v) is 8.39. The minimum absolute atomic E-state index is 0.137. The first-order chi connectivity index (χ1) is 12.7. The standard InChI is InChI=1S/C17H19ClN4O5/c1-11-17(22(25)26)12(2)21(19-11)9-16(24)27-10-15(23)20(3)8-13-4-6-14(18)7-5-13/h4-7H,8-10H2,1-3H3. The third-order valence-electron chi connectivity index (χ3n) is 3.92. The van der Waals surface area contributed by atoms with Crippen LogP contribution in [0.15, 0.2) is 24.3 Å². The van der Waals surface area contributed by atoms with E-state index in [1.165, 1.54) is 23.4 Å². The van der Waals surface area contributed by atoms with Gasteiger partial charge < -0.3 is 9.64 Å². The van der Waals surface area contributed by atoms with E-state index in [4.69, 9.17) is 16.3 Å². The number of aromatic nitrogens is 2. The maximum atomic E-state index is 12.1. The quantitative estimate of drug-likeness (QED) is 0.405. The average molecular weight is 395 g/mol. The average Bonchev–Trinajstić information content (AvgIpc) is 2.88. The summed E-state index contributed by atoms with van der Waals surface area (Å²) < 4.78 is 6.16. The second-order valence-corrected chi connectivity index (χ2v) is 6.41.